The van der Waals surface area contributed by atoms with E-state index in [2.05, 4.69) is 38.1 Å². The molecule has 4 heteroatoms. The van der Waals surface area contributed by atoms with Crippen molar-refractivity contribution in [3.8, 4) is 11.5 Å². The van der Waals surface area contributed by atoms with Crippen LogP contribution < -0.4 is 0 Å². The highest BCUT2D eigenvalue weighted by Gasteiger charge is 2.20. The van der Waals surface area contributed by atoms with Gasteiger partial charge in [0.1, 0.15) is 11.5 Å². The van der Waals surface area contributed by atoms with Crippen molar-refractivity contribution in [2.45, 2.75) is 91.1 Å². The fourth-order valence-electron chi connectivity index (χ4n) is 4.56. The zero-order valence-corrected chi connectivity index (χ0v) is 20.1. The standard InChI is InChI=1S/C28H38N2O2/c1-5-7-21-13-19(3)27(31)23(15-21)17-29-25-9-11-26(12-10-25)30-18-24-16-22(8-6-2)14-20(4)28(24)32/h13-18,25-26,31-32H,5-12H2,1-4H3. The van der Waals surface area contributed by atoms with E-state index in [-0.39, 0.29) is 12.1 Å². The van der Waals surface area contributed by atoms with Crippen molar-refractivity contribution in [3.05, 3.63) is 57.6 Å². The first-order chi connectivity index (χ1) is 15.4. The Morgan fingerprint density at radius 1 is 0.719 bits per heavy atom. The van der Waals surface area contributed by atoms with Crippen molar-refractivity contribution in [3.63, 3.8) is 0 Å². The number of benzene rings is 2. The Labute approximate surface area is 193 Å². The van der Waals surface area contributed by atoms with Crippen LogP contribution in [-0.2, 0) is 12.8 Å². The Balaban J connectivity index is 1.60. The van der Waals surface area contributed by atoms with Crippen LogP contribution in [0.15, 0.2) is 34.3 Å². The molecule has 32 heavy (non-hydrogen) atoms. The molecule has 0 saturated heterocycles. The molecule has 2 aromatic carbocycles. The predicted molar refractivity (Wildman–Crippen MR) is 135 cm³/mol. The van der Waals surface area contributed by atoms with Gasteiger partial charge in [0.2, 0.25) is 0 Å². The van der Waals surface area contributed by atoms with Gasteiger partial charge in [0, 0.05) is 23.6 Å². The molecule has 172 valence electrons. The first-order valence-corrected chi connectivity index (χ1v) is 12.1. The smallest absolute Gasteiger partial charge is 0.127 e. The molecule has 0 radical (unpaired) electrons. The van der Waals surface area contributed by atoms with Crippen molar-refractivity contribution >= 4 is 12.4 Å². The average Bonchev–Trinajstić information content (AvgIpc) is 2.77. The lowest BCUT2D eigenvalue weighted by Gasteiger charge is -2.23. The van der Waals surface area contributed by atoms with Gasteiger partial charge in [-0.1, -0.05) is 38.8 Å². The van der Waals surface area contributed by atoms with Gasteiger partial charge in [0.05, 0.1) is 12.1 Å². The maximum Gasteiger partial charge on any atom is 0.127 e. The molecular formula is C28H38N2O2. The first kappa shape index (κ1) is 24.0. The van der Waals surface area contributed by atoms with Crippen LogP contribution in [0.25, 0.3) is 0 Å². The van der Waals surface area contributed by atoms with Crippen LogP contribution in [0, 0.1) is 13.8 Å². The van der Waals surface area contributed by atoms with Crippen molar-refractivity contribution in [1.29, 1.82) is 0 Å². The SMILES string of the molecule is CCCc1cc(C)c(O)c(C=NC2CCC(N=Cc3cc(CCC)cc(C)c3O)CC2)c1. The molecule has 1 aliphatic rings. The maximum atomic E-state index is 10.4. The van der Waals surface area contributed by atoms with Crippen molar-refractivity contribution in [2.24, 2.45) is 9.98 Å². The van der Waals surface area contributed by atoms with Crippen molar-refractivity contribution in [1.82, 2.24) is 0 Å². The minimum atomic E-state index is 0.277. The van der Waals surface area contributed by atoms with Gasteiger partial charge in [-0.15, -0.1) is 0 Å². The summed E-state index contributed by atoms with van der Waals surface area (Å²) in [6.07, 6.45) is 11.9. The van der Waals surface area contributed by atoms with Crippen LogP contribution in [-0.4, -0.2) is 34.7 Å². The third kappa shape index (κ3) is 6.21. The maximum absolute atomic E-state index is 10.4. The number of phenolic OH excluding ortho intramolecular Hbond substituents is 2. The largest absolute Gasteiger partial charge is 0.507 e. The summed E-state index contributed by atoms with van der Waals surface area (Å²) in [6, 6.07) is 8.81. The number of hydrogen-bond donors (Lipinski definition) is 2. The molecule has 1 saturated carbocycles. The summed E-state index contributed by atoms with van der Waals surface area (Å²) in [4.78, 5) is 9.58. The summed E-state index contributed by atoms with van der Waals surface area (Å²) in [7, 11) is 0. The van der Waals surface area contributed by atoms with E-state index >= 15 is 0 Å². The molecule has 0 atom stereocenters. The molecule has 3 rings (SSSR count). The van der Waals surface area contributed by atoms with Crippen LogP contribution in [0.3, 0.4) is 0 Å². The first-order valence-electron chi connectivity index (χ1n) is 12.1. The topological polar surface area (TPSA) is 65.2 Å². The molecule has 1 fully saturated rings. The van der Waals surface area contributed by atoms with Gasteiger partial charge in [-0.3, -0.25) is 9.98 Å². The summed E-state index contributed by atoms with van der Waals surface area (Å²) in [6.45, 7) is 8.24. The third-order valence-corrected chi connectivity index (χ3v) is 6.37. The lowest BCUT2D eigenvalue weighted by molar-refractivity contribution is 0.399. The van der Waals surface area contributed by atoms with E-state index in [0.29, 0.717) is 11.5 Å². The third-order valence-electron chi connectivity index (χ3n) is 6.37. The summed E-state index contributed by atoms with van der Waals surface area (Å²) in [5.41, 5.74) is 5.99. The number of nitrogens with zero attached hydrogens (tertiary/aromatic N) is 2. The highest BCUT2D eigenvalue weighted by Crippen LogP contribution is 2.27. The van der Waals surface area contributed by atoms with E-state index < -0.39 is 0 Å². The molecule has 0 heterocycles. The highest BCUT2D eigenvalue weighted by molar-refractivity contribution is 5.85. The van der Waals surface area contributed by atoms with E-state index in [9.17, 15) is 10.2 Å². The summed E-state index contributed by atoms with van der Waals surface area (Å²) < 4.78 is 0. The van der Waals surface area contributed by atoms with Crippen LogP contribution in [0.4, 0.5) is 0 Å². The second-order valence-electron chi connectivity index (χ2n) is 9.22. The number of aryl methyl sites for hydroxylation is 4. The van der Waals surface area contributed by atoms with E-state index in [0.717, 1.165) is 73.6 Å². The molecule has 0 unspecified atom stereocenters. The Kier molecular flexibility index (Phi) is 8.49. The van der Waals surface area contributed by atoms with Crippen LogP contribution in [0.1, 0.15) is 85.8 Å². The molecule has 2 N–H and O–H groups in total. The Morgan fingerprint density at radius 2 is 1.09 bits per heavy atom. The second kappa shape index (κ2) is 11.3. The fraction of sp³-hybridized carbons (Fsp3) is 0.500. The molecule has 1 aliphatic carbocycles. The van der Waals surface area contributed by atoms with E-state index in [1.807, 2.05) is 26.3 Å². The van der Waals surface area contributed by atoms with Gasteiger partial charge in [0.15, 0.2) is 0 Å². The number of rotatable bonds is 8. The fourth-order valence-corrected chi connectivity index (χ4v) is 4.56. The van der Waals surface area contributed by atoms with Crippen LogP contribution >= 0.6 is 0 Å². The molecule has 0 bridgehead atoms. The van der Waals surface area contributed by atoms with Crippen molar-refractivity contribution < 1.29 is 10.2 Å². The summed E-state index contributed by atoms with van der Waals surface area (Å²) >= 11 is 0. The monoisotopic (exact) mass is 434 g/mol. The van der Waals surface area contributed by atoms with Gasteiger partial charge in [-0.05, 0) is 86.8 Å². The normalized spacial score (nSPS) is 19.2. The summed E-state index contributed by atoms with van der Waals surface area (Å²) in [5.74, 6) is 0.680. The highest BCUT2D eigenvalue weighted by atomic mass is 16.3. The lowest BCUT2D eigenvalue weighted by atomic mass is 9.92. The average molecular weight is 435 g/mol. The van der Waals surface area contributed by atoms with Gasteiger partial charge >= 0.3 is 0 Å². The molecule has 0 spiro atoms. The number of aliphatic imine (C=N–C) groups is 2. The molecule has 0 aromatic heterocycles. The Bertz CT molecular complexity index is 890. The zero-order chi connectivity index (χ0) is 23.1. The number of hydrogen-bond acceptors (Lipinski definition) is 4. The van der Waals surface area contributed by atoms with Crippen LogP contribution in [0.2, 0.25) is 0 Å². The minimum Gasteiger partial charge on any atom is -0.507 e. The second-order valence-corrected chi connectivity index (χ2v) is 9.22. The number of phenols is 2. The van der Waals surface area contributed by atoms with E-state index in [1.54, 1.807) is 0 Å². The quantitative estimate of drug-likeness (QED) is 0.468. The van der Waals surface area contributed by atoms with Gasteiger partial charge in [-0.25, -0.2) is 0 Å². The molecular weight excluding hydrogens is 396 g/mol. The van der Waals surface area contributed by atoms with Gasteiger partial charge in [0.25, 0.3) is 0 Å². The molecule has 0 aliphatic heterocycles. The van der Waals surface area contributed by atoms with Gasteiger partial charge in [-0.2, -0.15) is 0 Å². The lowest BCUT2D eigenvalue weighted by Crippen LogP contribution is -2.20. The molecule has 4 nitrogen and oxygen atoms in total. The van der Waals surface area contributed by atoms with E-state index in [4.69, 9.17) is 9.98 Å². The Hall–Kier alpha value is -2.62. The summed E-state index contributed by atoms with van der Waals surface area (Å²) in [5, 5.41) is 20.8. The van der Waals surface area contributed by atoms with Gasteiger partial charge < -0.3 is 10.2 Å². The van der Waals surface area contributed by atoms with E-state index in [1.165, 1.54) is 11.1 Å². The minimum absolute atomic E-state index is 0.277. The molecule has 2 aromatic rings. The number of aromatic hydroxyl groups is 2. The molecule has 0 amide bonds. The Morgan fingerprint density at radius 3 is 1.44 bits per heavy atom. The zero-order valence-electron chi connectivity index (χ0n) is 20.1. The predicted octanol–water partition coefficient (Wildman–Crippen LogP) is 6.47. The van der Waals surface area contributed by atoms with Crippen molar-refractivity contribution in [2.75, 3.05) is 0 Å². The van der Waals surface area contributed by atoms with Crippen LogP contribution in [0.5, 0.6) is 11.5 Å².